The Morgan fingerprint density at radius 2 is 1.51 bits per heavy atom. The molecule has 0 radical (unpaired) electrons. The maximum absolute atomic E-state index is 14.4. The first-order valence-corrected chi connectivity index (χ1v) is 16.3. The number of nitrogens with zero attached hydrogens (tertiary/aromatic N) is 2. The third-order valence-electron chi connectivity index (χ3n) is 7.00. The highest BCUT2D eigenvalue weighted by atomic mass is 35.5. The predicted octanol–water partition coefficient (Wildman–Crippen LogP) is 5.85. The summed E-state index contributed by atoms with van der Waals surface area (Å²) < 4.78 is 48.2. The Morgan fingerprint density at radius 1 is 0.867 bits per heavy atom. The topological polar surface area (TPSA) is 96.0 Å². The van der Waals surface area contributed by atoms with Crippen molar-refractivity contribution in [1.29, 1.82) is 0 Å². The molecule has 0 heterocycles. The number of halogens is 2. The number of amides is 2. The maximum Gasteiger partial charge on any atom is 0.264 e. The van der Waals surface area contributed by atoms with E-state index in [9.17, 15) is 22.4 Å². The molecule has 0 fully saturated rings. The fraction of sp³-hybridized carbons (Fsp3) is 0.235. The van der Waals surface area contributed by atoms with Crippen molar-refractivity contribution in [3.05, 3.63) is 125 Å². The zero-order valence-electron chi connectivity index (χ0n) is 25.0. The van der Waals surface area contributed by atoms with Gasteiger partial charge in [-0.3, -0.25) is 13.9 Å². The molecule has 1 N–H and O–H groups in total. The second-order valence-electron chi connectivity index (χ2n) is 10.1. The molecule has 0 spiro atoms. The van der Waals surface area contributed by atoms with Gasteiger partial charge in [-0.25, -0.2) is 12.8 Å². The molecule has 1 unspecified atom stereocenters. The van der Waals surface area contributed by atoms with Gasteiger partial charge in [-0.05, 0) is 85.6 Å². The number of hydrogen-bond acceptors (Lipinski definition) is 5. The van der Waals surface area contributed by atoms with Crippen LogP contribution in [-0.2, 0) is 32.6 Å². The molecule has 236 valence electrons. The molecule has 11 heteroatoms. The van der Waals surface area contributed by atoms with Gasteiger partial charge in [-0.2, -0.15) is 0 Å². The van der Waals surface area contributed by atoms with Crippen molar-refractivity contribution in [1.82, 2.24) is 10.2 Å². The van der Waals surface area contributed by atoms with Crippen LogP contribution >= 0.6 is 11.6 Å². The van der Waals surface area contributed by atoms with Crippen molar-refractivity contribution >= 4 is 39.1 Å². The van der Waals surface area contributed by atoms with E-state index in [2.05, 4.69) is 5.32 Å². The molecule has 0 bridgehead atoms. The van der Waals surface area contributed by atoms with Crippen LogP contribution in [0.2, 0.25) is 5.02 Å². The maximum atomic E-state index is 14.4. The number of hydrogen-bond donors (Lipinski definition) is 1. The number of nitrogens with one attached hydrogen (secondary N) is 1. The van der Waals surface area contributed by atoms with Crippen LogP contribution in [0.5, 0.6) is 5.75 Å². The van der Waals surface area contributed by atoms with E-state index in [1.54, 1.807) is 43.3 Å². The van der Waals surface area contributed by atoms with Crippen molar-refractivity contribution < 1.29 is 27.1 Å². The zero-order chi connectivity index (χ0) is 32.4. The highest BCUT2D eigenvalue weighted by Crippen LogP contribution is 2.27. The summed E-state index contributed by atoms with van der Waals surface area (Å²) in [5.74, 6) is -1.07. The molecule has 0 saturated heterocycles. The van der Waals surface area contributed by atoms with E-state index in [1.807, 2.05) is 37.3 Å². The molecule has 0 aliphatic heterocycles. The molecular formula is C34H35ClFN3O5S. The number of ether oxygens (including phenoxy) is 1. The summed E-state index contributed by atoms with van der Waals surface area (Å²) in [5, 5.41) is 3.33. The molecule has 2 amide bonds. The van der Waals surface area contributed by atoms with Crippen molar-refractivity contribution in [2.24, 2.45) is 0 Å². The quantitative estimate of drug-likeness (QED) is 0.185. The van der Waals surface area contributed by atoms with Crippen molar-refractivity contribution in [2.45, 2.75) is 37.8 Å². The molecule has 8 nitrogen and oxygen atoms in total. The predicted molar refractivity (Wildman–Crippen MR) is 173 cm³/mol. The molecule has 4 aromatic carbocycles. The number of likely N-dealkylation sites (N-methyl/N-ethyl adjacent to an activating group) is 1. The van der Waals surface area contributed by atoms with Gasteiger partial charge in [-0.15, -0.1) is 0 Å². The standard InChI is InChI=1S/C34H35ClFN3O5S/c1-3-37-34(41)32(22-25-8-6-5-7-9-25)38(23-26-10-12-27(35)13-11-26)33(40)24-39(29-16-18-30(19-17-29)44-4-2)45(42,43)31-20-14-28(36)15-21-31/h5-21,32H,3-4,22-24H2,1-2H3,(H,37,41). The summed E-state index contributed by atoms with van der Waals surface area (Å²) in [5.41, 5.74) is 1.72. The SMILES string of the molecule is CCNC(=O)C(Cc1ccccc1)N(Cc1ccc(Cl)cc1)C(=O)CN(c1ccc(OCC)cc1)S(=O)(=O)c1ccc(F)cc1. The Kier molecular flexibility index (Phi) is 11.6. The fourth-order valence-electron chi connectivity index (χ4n) is 4.77. The average molecular weight is 652 g/mol. The molecule has 1 atom stereocenters. The molecule has 0 aliphatic carbocycles. The van der Waals surface area contributed by atoms with Crippen molar-refractivity contribution in [3.8, 4) is 5.75 Å². The lowest BCUT2D eigenvalue weighted by molar-refractivity contribution is -0.140. The van der Waals surface area contributed by atoms with Crippen LogP contribution < -0.4 is 14.4 Å². The monoisotopic (exact) mass is 651 g/mol. The largest absolute Gasteiger partial charge is 0.494 e. The second-order valence-corrected chi connectivity index (χ2v) is 12.4. The first kappa shape index (κ1) is 33.5. The number of rotatable bonds is 14. The third-order valence-corrected chi connectivity index (χ3v) is 9.04. The van der Waals surface area contributed by atoms with Crippen LogP contribution in [0.25, 0.3) is 0 Å². The van der Waals surface area contributed by atoms with Gasteiger partial charge in [0.2, 0.25) is 11.8 Å². The van der Waals surface area contributed by atoms with Gasteiger partial charge in [-0.1, -0.05) is 54.1 Å². The number of benzene rings is 4. The average Bonchev–Trinajstić information content (AvgIpc) is 3.03. The highest BCUT2D eigenvalue weighted by molar-refractivity contribution is 7.92. The van der Waals surface area contributed by atoms with E-state index in [4.69, 9.17) is 16.3 Å². The normalized spacial score (nSPS) is 11.8. The summed E-state index contributed by atoms with van der Waals surface area (Å²) >= 11 is 6.11. The second kappa shape index (κ2) is 15.5. The third kappa shape index (κ3) is 8.83. The van der Waals surface area contributed by atoms with Gasteiger partial charge in [0.05, 0.1) is 17.2 Å². The van der Waals surface area contributed by atoms with E-state index in [0.29, 0.717) is 29.5 Å². The van der Waals surface area contributed by atoms with Crippen LogP contribution in [0.15, 0.2) is 108 Å². The summed E-state index contributed by atoms with van der Waals surface area (Å²) in [6, 6.07) is 25.8. The molecule has 0 aromatic heterocycles. The summed E-state index contributed by atoms with van der Waals surface area (Å²) in [6.07, 6.45) is 0.194. The van der Waals surface area contributed by atoms with Gasteiger partial charge < -0.3 is 15.0 Å². The van der Waals surface area contributed by atoms with E-state index < -0.39 is 34.3 Å². The van der Waals surface area contributed by atoms with Crippen LogP contribution in [0.3, 0.4) is 0 Å². The van der Waals surface area contributed by atoms with Crippen molar-refractivity contribution in [2.75, 3.05) is 24.0 Å². The fourth-order valence-corrected chi connectivity index (χ4v) is 6.31. The zero-order valence-corrected chi connectivity index (χ0v) is 26.6. The van der Waals surface area contributed by atoms with Crippen LogP contribution in [-0.4, -0.2) is 50.9 Å². The Hall–Kier alpha value is -4.41. The van der Waals surface area contributed by atoms with Gasteiger partial charge in [0.15, 0.2) is 0 Å². The van der Waals surface area contributed by atoms with Gasteiger partial charge in [0.25, 0.3) is 10.0 Å². The smallest absolute Gasteiger partial charge is 0.264 e. The van der Waals surface area contributed by atoms with Crippen molar-refractivity contribution in [3.63, 3.8) is 0 Å². The summed E-state index contributed by atoms with van der Waals surface area (Å²) in [7, 11) is -4.36. The molecule has 4 aromatic rings. The minimum atomic E-state index is -4.36. The summed E-state index contributed by atoms with van der Waals surface area (Å²) in [4.78, 5) is 29.1. The number of anilines is 1. The Morgan fingerprint density at radius 3 is 2.11 bits per heavy atom. The molecule has 0 saturated carbocycles. The van der Waals surface area contributed by atoms with E-state index in [1.165, 1.54) is 17.0 Å². The Bertz CT molecular complexity index is 1670. The van der Waals surface area contributed by atoms with E-state index >= 15 is 0 Å². The first-order valence-electron chi connectivity index (χ1n) is 14.5. The lowest BCUT2D eigenvalue weighted by Crippen LogP contribution is -2.53. The molecule has 4 rings (SSSR count). The van der Waals surface area contributed by atoms with E-state index in [0.717, 1.165) is 34.1 Å². The highest BCUT2D eigenvalue weighted by Gasteiger charge is 2.34. The number of carbonyl (C=O) groups is 2. The number of carbonyl (C=O) groups excluding carboxylic acids is 2. The van der Waals surface area contributed by atoms with Gasteiger partial charge in [0, 0.05) is 24.5 Å². The van der Waals surface area contributed by atoms with Crippen LogP contribution in [0.1, 0.15) is 25.0 Å². The lowest BCUT2D eigenvalue weighted by atomic mass is 10.0. The lowest BCUT2D eigenvalue weighted by Gasteiger charge is -2.34. The van der Waals surface area contributed by atoms with Gasteiger partial charge >= 0.3 is 0 Å². The first-order chi connectivity index (χ1) is 21.6. The minimum absolute atomic E-state index is 0.0123. The van der Waals surface area contributed by atoms with E-state index in [-0.39, 0.29) is 29.5 Å². The Balaban J connectivity index is 1.79. The number of sulfonamides is 1. The van der Waals surface area contributed by atoms with Gasteiger partial charge in [0.1, 0.15) is 24.2 Å². The van der Waals surface area contributed by atoms with Crippen LogP contribution in [0, 0.1) is 5.82 Å². The molecule has 45 heavy (non-hydrogen) atoms. The minimum Gasteiger partial charge on any atom is -0.494 e. The Labute approximate surface area is 268 Å². The molecular weight excluding hydrogens is 617 g/mol. The summed E-state index contributed by atoms with van der Waals surface area (Å²) in [6.45, 7) is 3.74. The molecule has 0 aliphatic rings. The van der Waals surface area contributed by atoms with Crippen LogP contribution in [0.4, 0.5) is 10.1 Å².